The lowest BCUT2D eigenvalue weighted by Gasteiger charge is -2.37. The van der Waals surface area contributed by atoms with Crippen molar-refractivity contribution in [3.63, 3.8) is 0 Å². The van der Waals surface area contributed by atoms with E-state index >= 15 is 0 Å². The molecule has 0 amide bonds. The van der Waals surface area contributed by atoms with E-state index in [9.17, 15) is 0 Å². The minimum atomic E-state index is -1.77. The van der Waals surface area contributed by atoms with Gasteiger partial charge in [-0.05, 0) is 41.7 Å². The van der Waals surface area contributed by atoms with E-state index in [1.807, 2.05) is 0 Å². The summed E-state index contributed by atoms with van der Waals surface area (Å²) in [5.41, 5.74) is 1.29. The molecule has 0 aliphatic carbocycles. The van der Waals surface area contributed by atoms with Crippen LogP contribution in [0.3, 0.4) is 0 Å². The summed E-state index contributed by atoms with van der Waals surface area (Å²) >= 11 is 3.54. The van der Waals surface area contributed by atoms with Gasteiger partial charge in [-0.3, -0.25) is 0 Å². The lowest BCUT2D eigenvalue weighted by Crippen LogP contribution is -2.44. The Morgan fingerprint density at radius 3 is 2.17 bits per heavy atom. The van der Waals surface area contributed by atoms with Gasteiger partial charge in [0.05, 0.1) is 0 Å². The molecule has 0 aliphatic rings. The molecule has 18 heavy (non-hydrogen) atoms. The van der Waals surface area contributed by atoms with Crippen LogP contribution in [0.4, 0.5) is 0 Å². The maximum Gasteiger partial charge on any atom is 0.250 e. The maximum atomic E-state index is 6.45. The third-order valence-corrected chi connectivity index (χ3v) is 8.60. The van der Waals surface area contributed by atoms with Crippen LogP contribution in [0.5, 0.6) is 5.75 Å². The minimum absolute atomic E-state index is 0.226. The highest BCUT2D eigenvalue weighted by Crippen LogP contribution is 2.40. The monoisotopic (exact) mass is 328 g/mol. The van der Waals surface area contributed by atoms with E-state index in [2.05, 4.69) is 81.8 Å². The number of hydrogen-bond acceptors (Lipinski definition) is 1. The molecule has 0 N–H and O–H groups in total. The molecule has 3 heteroatoms. The molecule has 1 nitrogen and oxygen atoms in total. The summed E-state index contributed by atoms with van der Waals surface area (Å²) < 4.78 is 7.53. The summed E-state index contributed by atoms with van der Waals surface area (Å²) in [5, 5.41) is 0.226. The fraction of sp³-hybridized carbons (Fsp3) is 0.600. The molecule has 1 aromatic carbocycles. The van der Waals surface area contributed by atoms with Crippen molar-refractivity contribution in [1.82, 2.24) is 0 Å². The van der Waals surface area contributed by atoms with Gasteiger partial charge in [0.2, 0.25) is 8.32 Å². The molecule has 0 saturated carbocycles. The van der Waals surface area contributed by atoms with Crippen LogP contribution >= 0.6 is 15.9 Å². The van der Waals surface area contributed by atoms with E-state index < -0.39 is 8.32 Å². The van der Waals surface area contributed by atoms with Crippen molar-refractivity contribution in [2.24, 2.45) is 0 Å². The smallest absolute Gasteiger partial charge is 0.250 e. The molecule has 0 unspecified atom stereocenters. The van der Waals surface area contributed by atoms with Gasteiger partial charge in [0.25, 0.3) is 0 Å². The van der Waals surface area contributed by atoms with Crippen LogP contribution < -0.4 is 4.43 Å². The van der Waals surface area contributed by atoms with Gasteiger partial charge in [0.1, 0.15) is 5.75 Å². The van der Waals surface area contributed by atoms with E-state index in [4.69, 9.17) is 4.43 Å². The molecule has 0 bridgehead atoms. The van der Waals surface area contributed by atoms with Gasteiger partial charge in [-0.25, -0.2) is 0 Å². The van der Waals surface area contributed by atoms with E-state index in [1.165, 1.54) is 5.56 Å². The number of halogens is 1. The van der Waals surface area contributed by atoms with Crippen LogP contribution in [-0.2, 0) is 0 Å². The van der Waals surface area contributed by atoms with Gasteiger partial charge in [0, 0.05) is 4.47 Å². The maximum absolute atomic E-state index is 6.45. The highest BCUT2D eigenvalue weighted by Gasteiger charge is 2.39. The molecule has 0 atom stereocenters. The molecular weight excluding hydrogens is 304 g/mol. The van der Waals surface area contributed by atoms with Gasteiger partial charge in [-0.1, -0.05) is 56.6 Å². The number of hydrogen-bond donors (Lipinski definition) is 0. The van der Waals surface area contributed by atoms with Gasteiger partial charge < -0.3 is 4.43 Å². The van der Waals surface area contributed by atoms with Crippen LogP contribution in [0.2, 0.25) is 18.1 Å². The number of benzene rings is 1. The van der Waals surface area contributed by atoms with Crippen LogP contribution in [-0.4, -0.2) is 8.32 Å². The highest BCUT2D eigenvalue weighted by atomic mass is 79.9. The van der Waals surface area contributed by atoms with Crippen molar-refractivity contribution >= 4 is 24.2 Å². The van der Waals surface area contributed by atoms with Gasteiger partial charge in [0.15, 0.2) is 0 Å². The standard InChI is InChI=1S/C15H25BrOSi/c1-11(2)13-9-8-12(16)10-14(13)17-18(6,7)15(3,4)5/h8-11H,1-7H3. The lowest BCUT2D eigenvalue weighted by atomic mass is 10.0. The molecule has 0 spiro atoms. The Bertz CT molecular complexity index is 419. The first kappa shape index (κ1) is 15.8. The second kappa shape index (κ2) is 5.38. The van der Waals surface area contributed by atoms with Crippen LogP contribution in [0.1, 0.15) is 46.1 Å². The van der Waals surface area contributed by atoms with E-state index in [0.717, 1.165) is 10.2 Å². The summed E-state index contributed by atoms with van der Waals surface area (Å²) in [4.78, 5) is 0. The van der Waals surface area contributed by atoms with Crippen molar-refractivity contribution in [2.45, 2.75) is 58.7 Å². The van der Waals surface area contributed by atoms with Crippen molar-refractivity contribution in [2.75, 3.05) is 0 Å². The molecule has 1 rings (SSSR count). The van der Waals surface area contributed by atoms with Gasteiger partial charge in [-0.2, -0.15) is 0 Å². The quantitative estimate of drug-likeness (QED) is 0.622. The highest BCUT2D eigenvalue weighted by molar-refractivity contribution is 9.10. The van der Waals surface area contributed by atoms with E-state index in [1.54, 1.807) is 0 Å². The first-order valence-corrected chi connectivity index (χ1v) is 10.2. The summed E-state index contributed by atoms with van der Waals surface area (Å²) in [6, 6.07) is 6.36. The Kier molecular flexibility index (Phi) is 4.71. The molecule has 0 fully saturated rings. The Morgan fingerprint density at radius 1 is 1.17 bits per heavy atom. The fourth-order valence-corrected chi connectivity index (χ4v) is 2.87. The molecular formula is C15H25BrOSi. The van der Waals surface area contributed by atoms with Crippen molar-refractivity contribution in [3.8, 4) is 5.75 Å². The molecule has 0 radical (unpaired) electrons. The van der Waals surface area contributed by atoms with Crippen molar-refractivity contribution in [1.29, 1.82) is 0 Å². The Hall–Kier alpha value is -0.283. The van der Waals surface area contributed by atoms with Crippen LogP contribution in [0.25, 0.3) is 0 Å². The SMILES string of the molecule is CC(C)c1ccc(Br)cc1O[Si](C)(C)C(C)(C)C. The van der Waals surface area contributed by atoms with E-state index in [-0.39, 0.29) is 5.04 Å². The van der Waals surface area contributed by atoms with Gasteiger partial charge >= 0.3 is 0 Å². The van der Waals surface area contributed by atoms with Crippen LogP contribution in [0, 0.1) is 0 Å². The topological polar surface area (TPSA) is 9.23 Å². The molecule has 1 aromatic rings. The predicted octanol–water partition coefficient (Wildman–Crippen LogP) is 5.96. The number of rotatable bonds is 3. The van der Waals surface area contributed by atoms with E-state index in [0.29, 0.717) is 5.92 Å². The summed E-state index contributed by atoms with van der Waals surface area (Å²) in [5.74, 6) is 1.53. The first-order chi connectivity index (χ1) is 8.04. The van der Waals surface area contributed by atoms with Gasteiger partial charge in [-0.15, -0.1) is 0 Å². The average Bonchev–Trinajstić information content (AvgIpc) is 2.14. The third kappa shape index (κ3) is 3.61. The second-order valence-corrected chi connectivity index (χ2v) is 12.3. The summed E-state index contributed by atoms with van der Waals surface area (Å²) in [6.07, 6.45) is 0. The molecule has 102 valence electrons. The largest absolute Gasteiger partial charge is 0.543 e. The zero-order valence-electron chi connectivity index (χ0n) is 12.6. The summed E-state index contributed by atoms with van der Waals surface area (Å²) in [7, 11) is -1.77. The molecule has 0 aromatic heterocycles. The fourth-order valence-electron chi connectivity index (χ4n) is 1.50. The zero-order valence-corrected chi connectivity index (χ0v) is 15.2. The van der Waals surface area contributed by atoms with Crippen LogP contribution in [0.15, 0.2) is 22.7 Å². The predicted molar refractivity (Wildman–Crippen MR) is 86.1 cm³/mol. The van der Waals surface area contributed by atoms with Crippen molar-refractivity contribution in [3.05, 3.63) is 28.2 Å². The zero-order chi connectivity index (χ0) is 14.1. The normalized spacial score (nSPS) is 12.9. The average molecular weight is 329 g/mol. The molecule has 0 heterocycles. The summed E-state index contributed by atoms with van der Waals surface area (Å²) in [6.45, 7) is 15.8. The third-order valence-electron chi connectivity index (χ3n) is 3.77. The Balaban J connectivity index is 3.14. The minimum Gasteiger partial charge on any atom is -0.543 e. The Morgan fingerprint density at radius 2 is 1.72 bits per heavy atom. The molecule has 0 aliphatic heterocycles. The second-order valence-electron chi connectivity index (χ2n) is 6.70. The molecule has 0 saturated heterocycles. The Labute approximate surface area is 121 Å². The first-order valence-electron chi connectivity index (χ1n) is 6.53. The van der Waals surface area contributed by atoms with Crippen molar-refractivity contribution < 1.29 is 4.43 Å². The lowest BCUT2D eigenvalue weighted by molar-refractivity contribution is 0.484.